The number of hydrogen-bond donors (Lipinski definition) is 1. The number of benzene rings is 1. The van der Waals surface area contributed by atoms with E-state index in [1.165, 1.54) is 11.3 Å². The maximum Gasteiger partial charge on any atom is 0.266 e. The second-order valence-electron chi connectivity index (χ2n) is 7.26. The Bertz CT molecular complexity index is 835. The molecule has 0 atom stereocenters. The summed E-state index contributed by atoms with van der Waals surface area (Å²) in [6.07, 6.45) is 4.28. The van der Waals surface area contributed by atoms with E-state index in [0.29, 0.717) is 24.2 Å². The summed E-state index contributed by atoms with van der Waals surface area (Å²) >= 11 is 1.47. The number of amides is 2. The summed E-state index contributed by atoms with van der Waals surface area (Å²) in [4.78, 5) is 32.2. The maximum atomic E-state index is 13.0. The van der Waals surface area contributed by atoms with E-state index >= 15 is 0 Å². The molecule has 0 bridgehead atoms. The zero-order valence-corrected chi connectivity index (χ0v) is 15.9. The van der Waals surface area contributed by atoms with E-state index in [2.05, 4.69) is 10.3 Å². The van der Waals surface area contributed by atoms with Gasteiger partial charge in [0.15, 0.2) is 0 Å². The fourth-order valence-corrected chi connectivity index (χ4v) is 3.94. The topological polar surface area (TPSA) is 62.3 Å². The Hall–Kier alpha value is -2.21. The van der Waals surface area contributed by atoms with Gasteiger partial charge >= 0.3 is 0 Å². The number of rotatable bonds is 6. The van der Waals surface area contributed by atoms with Gasteiger partial charge in [0.05, 0.1) is 10.7 Å². The lowest BCUT2D eigenvalue weighted by molar-refractivity contribution is 0.0733. The standard InChI is InChI=1S/C20H23N3O2S/c1-12-18(26-13(2)21-12)20(25)23(17-9-10-17)11-14-3-5-15(6-4-14)19(24)22-16-7-8-16/h3-6,16-17H,7-11H2,1-2H3,(H,22,24). The Labute approximate surface area is 157 Å². The highest BCUT2D eigenvalue weighted by Gasteiger charge is 2.34. The Balaban J connectivity index is 1.47. The molecule has 5 nitrogen and oxygen atoms in total. The fourth-order valence-electron chi connectivity index (χ4n) is 3.07. The molecule has 1 heterocycles. The zero-order valence-electron chi connectivity index (χ0n) is 15.1. The summed E-state index contributed by atoms with van der Waals surface area (Å²) in [5.74, 6) is 0.0658. The molecule has 2 fully saturated rings. The van der Waals surface area contributed by atoms with Gasteiger partial charge in [0, 0.05) is 24.2 Å². The summed E-state index contributed by atoms with van der Waals surface area (Å²) in [7, 11) is 0. The van der Waals surface area contributed by atoms with E-state index in [4.69, 9.17) is 0 Å². The number of aromatic nitrogens is 1. The molecule has 2 aromatic rings. The van der Waals surface area contributed by atoms with Crippen molar-refractivity contribution in [1.82, 2.24) is 15.2 Å². The van der Waals surface area contributed by atoms with Crippen LogP contribution in [0.4, 0.5) is 0 Å². The van der Waals surface area contributed by atoms with E-state index in [0.717, 1.165) is 46.8 Å². The molecule has 26 heavy (non-hydrogen) atoms. The SMILES string of the molecule is Cc1nc(C)c(C(=O)N(Cc2ccc(C(=O)NC3CC3)cc2)C2CC2)s1. The van der Waals surface area contributed by atoms with Crippen LogP contribution in [0.5, 0.6) is 0 Å². The zero-order chi connectivity index (χ0) is 18.3. The Morgan fingerprint density at radius 3 is 2.38 bits per heavy atom. The molecule has 1 aromatic carbocycles. The van der Waals surface area contributed by atoms with Crippen molar-refractivity contribution in [3.63, 3.8) is 0 Å². The Morgan fingerprint density at radius 1 is 1.15 bits per heavy atom. The lowest BCUT2D eigenvalue weighted by atomic mass is 10.1. The summed E-state index contributed by atoms with van der Waals surface area (Å²) in [6.45, 7) is 4.40. The van der Waals surface area contributed by atoms with Gasteiger partial charge in [0.25, 0.3) is 11.8 Å². The average molecular weight is 369 g/mol. The van der Waals surface area contributed by atoms with Crippen molar-refractivity contribution in [2.45, 2.75) is 58.2 Å². The van der Waals surface area contributed by atoms with Crippen LogP contribution in [0.25, 0.3) is 0 Å². The molecular weight excluding hydrogens is 346 g/mol. The third-order valence-electron chi connectivity index (χ3n) is 4.83. The normalized spacial score (nSPS) is 16.4. The molecule has 2 aliphatic carbocycles. The average Bonchev–Trinajstić information content (AvgIpc) is 3.53. The van der Waals surface area contributed by atoms with Gasteiger partial charge in [-0.3, -0.25) is 9.59 Å². The van der Waals surface area contributed by atoms with E-state index in [9.17, 15) is 9.59 Å². The van der Waals surface area contributed by atoms with E-state index in [-0.39, 0.29) is 11.8 Å². The Morgan fingerprint density at radius 2 is 1.85 bits per heavy atom. The van der Waals surface area contributed by atoms with Crippen molar-refractivity contribution in [2.24, 2.45) is 0 Å². The predicted octanol–water partition coefficient (Wildman–Crippen LogP) is 3.46. The number of carbonyl (C=O) groups excluding carboxylic acids is 2. The van der Waals surface area contributed by atoms with Crippen molar-refractivity contribution < 1.29 is 9.59 Å². The molecule has 0 saturated heterocycles. The molecule has 1 N–H and O–H groups in total. The molecular formula is C20H23N3O2S. The number of nitrogens with zero attached hydrogens (tertiary/aromatic N) is 2. The van der Waals surface area contributed by atoms with Gasteiger partial charge in [-0.05, 0) is 57.2 Å². The van der Waals surface area contributed by atoms with Gasteiger partial charge in [-0.1, -0.05) is 12.1 Å². The molecule has 2 amide bonds. The van der Waals surface area contributed by atoms with Crippen molar-refractivity contribution in [2.75, 3.05) is 0 Å². The first-order valence-electron chi connectivity index (χ1n) is 9.16. The lowest BCUT2D eigenvalue weighted by Crippen LogP contribution is -2.32. The number of hydrogen-bond acceptors (Lipinski definition) is 4. The highest BCUT2D eigenvalue weighted by molar-refractivity contribution is 7.13. The smallest absolute Gasteiger partial charge is 0.266 e. The number of aryl methyl sites for hydroxylation is 2. The summed E-state index contributed by atoms with van der Waals surface area (Å²) in [5, 5.41) is 3.92. The number of nitrogens with one attached hydrogen (secondary N) is 1. The third kappa shape index (κ3) is 3.80. The van der Waals surface area contributed by atoms with Gasteiger partial charge in [0.2, 0.25) is 0 Å². The van der Waals surface area contributed by atoms with E-state index < -0.39 is 0 Å². The summed E-state index contributed by atoms with van der Waals surface area (Å²) < 4.78 is 0. The minimum absolute atomic E-state index is 0.00932. The van der Waals surface area contributed by atoms with Crippen LogP contribution in [-0.4, -0.2) is 33.8 Å². The minimum Gasteiger partial charge on any atom is -0.349 e. The minimum atomic E-state index is -0.00932. The third-order valence-corrected chi connectivity index (χ3v) is 5.89. The highest BCUT2D eigenvalue weighted by Crippen LogP contribution is 2.31. The fraction of sp³-hybridized carbons (Fsp3) is 0.450. The first-order chi connectivity index (χ1) is 12.5. The highest BCUT2D eigenvalue weighted by atomic mass is 32.1. The van der Waals surface area contributed by atoms with Crippen LogP contribution in [0.15, 0.2) is 24.3 Å². The number of carbonyl (C=O) groups is 2. The molecule has 2 aliphatic rings. The molecule has 0 spiro atoms. The van der Waals surface area contributed by atoms with Gasteiger partial charge in [-0.25, -0.2) is 4.98 Å². The van der Waals surface area contributed by atoms with Crippen LogP contribution in [0.2, 0.25) is 0 Å². The Kier molecular flexibility index (Phi) is 4.53. The molecule has 0 aliphatic heterocycles. The van der Waals surface area contributed by atoms with Crippen LogP contribution in [-0.2, 0) is 6.54 Å². The summed E-state index contributed by atoms with van der Waals surface area (Å²) in [5.41, 5.74) is 2.54. The second-order valence-corrected chi connectivity index (χ2v) is 8.46. The molecule has 1 aromatic heterocycles. The van der Waals surface area contributed by atoms with Crippen LogP contribution in [0.1, 0.15) is 62.0 Å². The molecule has 136 valence electrons. The second kappa shape index (κ2) is 6.83. The quantitative estimate of drug-likeness (QED) is 0.848. The van der Waals surface area contributed by atoms with Crippen molar-refractivity contribution in [3.8, 4) is 0 Å². The predicted molar refractivity (Wildman–Crippen MR) is 101 cm³/mol. The van der Waals surface area contributed by atoms with Gasteiger partial charge in [0.1, 0.15) is 4.88 Å². The van der Waals surface area contributed by atoms with E-state index in [1.807, 2.05) is 43.0 Å². The first kappa shape index (κ1) is 17.2. The van der Waals surface area contributed by atoms with Gasteiger partial charge < -0.3 is 10.2 Å². The monoisotopic (exact) mass is 369 g/mol. The number of thiazole rings is 1. The van der Waals surface area contributed by atoms with Crippen LogP contribution in [0.3, 0.4) is 0 Å². The molecule has 0 unspecified atom stereocenters. The molecule has 2 saturated carbocycles. The molecule has 6 heteroatoms. The van der Waals surface area contributed by atoms with E-state index in [1.54, 1.807) is 0 Å². The van der Waals surface area contributed by atoms with Gasteiger partial charge in [-0.15, -0.1) is 11.3 Å². The van der Waals surface area contributed by atoms with Crippen molar-refractivity contribution in [1.29, 1.82) is 0 Å². The molecule has 4 rings (SSSR count). The first-order valence-corrected chi connectivity index (χ1v) is 9.97. The lowest BCUT2D eigenvalue weighted by Gasteiger charge is -2.22. The molecule has 0 radical (unpaired) electrons. The van der Waals surface area contributed by atoms with Crippen molar-refractivity contribution in [3.05, 3.63) is 51.0 Å². The van der Waals surface area contributed by atoms with Crippen LogP contribution >= 0.6 is 11.3 Å². The maximum absolute atomic E-state index is 13.0. The summed E-state index contributed by atoms with van der Waals surface area (Å²) in [6, 6.07) is 8.29. The van der Waals surface area contributed by atoms with Crippen LogP contribution in [0, 0.1) is 13.8 Å². The van der Waals surface area contributed by atoms with Crippen molar-refractivity contribution >= 4 is 23.2 Å². The van der Waals surface area contributed by atoms with Gasteiger partial charge in [-0.2, -0.15) is 0 Å². The largest absolute Gasteiger partial charge is 0.349 e. The van der Waals surface area contributed by atoms with Crippen LogP contribution < -0.4 is 5.32 Å².